The van der Waals surface area contributed by atoms with Crippen LogP contribution in [-0.4, -0.2) is 25.8 Å². The van der Waals surface area contributed by atoms with E-state index in [1.807, 2.05) is 74.6 Å². The Hall–Kier alpha value is -3.74. The van der Waals surface area contributed by atoms with Crippen molar-refractivity contribution in [2.24, 2.45) is 0 Å². The molecule has 1 atom stereocenters. The average molecular weight is 401 g/mol. The molecule has 0 saturated carbocycles. The first-order chi connectivity index (χ1) is 14.6. The molecular formula is C23H23N5O2. The van der Waals surface area contributed by atoms with Gasteiger partial charge in [0.05, 0.1) is 11.7 Å². The molecule has 7 heteroatoms. The maximum Gasteiger partial charge on any atom is 0.227 e. The van der Waals surface area contributed by atoms with Crippen molar-refractivity contribution >= 4 is 5.91 Å². The number of aromatic nitrogens is 4. The molecule has 0 unspecified atom stereocenters. The Morgan fingerprint density at radius 3 is 2.73 bits per heavy atom. The van der Waals surface area contributed by atoms with Gasteiger partial charge in [0, 0.05) is 30.8 Å². The fraction of sp³-hybridized carbons (Fsp3) is 0.217. The van der Waals surface area contributed by atoms with Crippen LogP contribution in [0.3, 0.4) is 0 Å². The van der Waals surface area contributed by atoms with Gasteiger partial charge in [-0.05, 0) is 37.1 Å². The van der Waals surface area contributed by atoms with Crippen LogP contribution in [0.15, 0.2) is 71.5 Å². The van der Waals surface area contributed by atoms with Gasteiger partial charge in [0.2, 0.25) is 17.6 Å². The molecule has 0 saturated heterocycles. The maximum atomic E-state index is 12.5. The fourth-order valence-electron chi connectivity index (χ4n) is 3.38. The van der Waals surface area contributed by atoms with E-state index >= 15 is 0 Å². The smallest absolute Gasteiger partial charge is 0.227 e. The standard InChI is InChI=1S/C23H23N5O2/c1-16-8-3-4-9-18(16)23-26-22(30-27-23)13-12-21(29)25-17(2)19-10-5-6-11-20(19)28-15-7-14-24-28/h3-11,14-15,17H,12-13H2,1-2H3,(H,25,29)/t17-/m1/s1. The molecule has 0 aliphatic carbocycles. The Bertz CT molecular complexity index is 1130. The van der Waals surface area contributed by atoms with Crippen LogP contribution in [0.5, 0.6) is 0 Å². The van der Waals surface area contributed by atoms with Crippen molar-refractivity contribution in [3.63, 3.8) is 0 Å². The molecule has 152 valence electrons. The zero-order valence-corrected chi connectivity index (χ0v) is 16.9. The Morgan fingerprint density at radius 1 is 1.13 bits per heavy atom. The van der Waals surface area contributed by atoms with Crippen molar-refractivity contribution in [1.29, 1.82) is 0 Å². The van der Waals surface area contributed by atoms with Crippen molar-refractivity contribution in [2.75, 3.05) is 0 Å². The first kappa shape index (κ1) is 19.6. The molecule has 2 aromatic carbocycles. The molecular weight excluding hydrogens is 378 g/mol. The van der Waals surface area contributed by atoms with Crippen molar-refractivity contribution in [1.82, 2.24) is 25.2 Å². The Morgan fingerprint density at radius 2 is 1.93 bits per heavy atom. The summed E-state index contributed by atoms with van der Waals surface area (Å²) in [6.45, 7) is 3.96. The number of amides is 1. The summed E-state index contributed by atoms with van der Waals surface area (Å²) in [4.78, 5) is 16.9. The molecule has 0 fully saturated rings. The molecule has 2 aromatic heterocycles. The van der Waals surface area contributed by atoms with Gasteiger partial charge >= 0.3 is 0 Å². The van der Waals surface area contributed by atoms with Crippen LogP contribution in [0.25, 0.3) is 17.1 Å². The minimum absolute atomic E-state index is 0.0755. The maximum absolute atomic E-state index is 12.5. The van der Waals surface area contributed by atoms with E-state index in [0.29, 0.717) is 18.1 Å². The van der Waals surface area contributed by atoms with E-state index < -0.39 is 0 Å². The number of hydrogen-bond donors (Lipinski definition) is 1. The highest BCUT2D eigenvalue weighted by Crippen LogP contribution is 2.22. The Labute approximate surface area is 174 Å². The number of nitrogens with one attached hydrogen (secondary N) is 1. The van der Waals surface area contributed by atoms with Gasteiger partial charge in [-0.3, -0.25) is 4.79 Å². The zero-order valence-electron chi connectivity index (χ0n) is 16.9. The van der Waals surface area contributed by atoms with Gasteiger partial charge in [-0.25, -0.2) is 4.68 Å². The molecule has 4 rings (SSSR count). The predicted octanol–water partition coefficient (Wildman–Crippen LogP) is 4.04. The van der Waals surface area contributed by atoms with E-state index in [1.54, 1.807) is 10.9 Å². The quantitative estimate of drug-likeness (QED) is 0.505. The summed E-state index contributed by atoms with van der Waals surface area (Å²) >= 11 is 0. The molecule has 1 amide bonds. The number of aryl methyl sites for hydroxylation is 2. The van der Waals surface area contributed by atoms with Gasteiger partial charge in [0.1, 0.15) is 0 Å². The fourth-order valence-corrected chi connectivity index (χ4v) is 3.38. The van der Waals surface area contributed by atoms with Crippen LogP contribution in [0.4, 0.5) is 0 Å². The van der Waals surface area contributed by atoms with Gasteiger partial charge in [-0.1, -0.05) is 47.6 Å². The number of carbonyl (C=O) groups is 1. The number of benzene rings is 2. The largest absolute Gasteiger partial charge is 0.349 e. The third-order valence-corrected chi connectivity index (χ3v) is 4.95. The predicted molar refractivity (Wildman–Crippen MR) is 113 cm³/mol. The summed E-state index contributed by atoms with van der Waals surface area (Å²) in [5.41, 5.74) is 3.94. The van der Waals surface area contributed by atoms with Crippen LogP contribution in [0.1, 0.15) is 36.4 Å². The minimum Gasteiger partial charge on any atom is -0.349 e. The highest BCUT2D eigenvalue weighted by atomic mass is 16.5. The van der Waals surface area contributed by atoms with Crippen molar-refractivity contribution < 1.29 is 9.32 Å². The van der Waals surface area contributed by atoms with E-state index in [2.05, 4.69) is 20.6 Å². The monoisotopic (exact) mass is 401 g/mol. The van der Waals surface area contributed by atoms with Crippen molar-refractivity contribution in [3.05, 3.63) is 84.0 Å². The summed E-state index contributed by atoms with van der Waals surface area (Å²) in [7, 11) is 0. The van der Waals surface area contributed by atoms with Gasteiger partial charge in [-0.15, -0.1) is 0 Å². The molecule has 4 aromatic rings. The van der Waals surface area contributed by atoms with Crippen molar-refractivity contribution in [3.8, 4) is 17.1 Å². The summed E-state index contributed by atoms with van der Waals surface area (Å²) < 4.78 is 7.12. The molecule has 0 aliphatic heterocycles. The summed E-state index contributed by atoms with van der Waals surface area (Å²) in [5, 5.41) is 11.4. The number of para-hydroxylation sites is 1. The van der Waals surface area contributed by atoms with Crippen LogP contribution in [0.2, 0.25) is 0 Å². The van der Waals surface area contributed by atoms with E-state index in [9.17, 15) is 4.79 Å². The third kappa shape index (κ3) is 4.30. The average Bonchev–Trinajstić information content (AvgIpc) is 3.45. The lowest BCUT2D eigenvalue weighted by Crippen LogP contribution is -2.27. The molecule has 0 bridgehead atoms. The molecule has 30 heavy (non-hydrogen) atoms. The second-order valence-electron chi connectivity index (χ2n) is 7.13. The third-order valence-electron chi connectivity index (χ3n) is 4.95. The Kier molecular flexibility index (Phi) is 5.70. The van der Waals surface area contributed by atoms with Crippen LogP contribution >= 0.6 is 0 Å². The highest BCUT2D eigenvalue weighted by molar-refractivity contribution is 5.76. The number of hydrogen-bond acceptors (Lipinski definition) is 5. The summed E-state index contributed by atoms with van der Waals surface area (Å²) in [6, 6.07) is 17.5. The zero-order chi connectivity index (χ0) is 20.9. The molecule has 0 radical (unpaired) electrons. The second-order valence-corrected chi connectivity index (χ2v) is 7.13. The van der Waals surface area contributed by atoms with Gasteiger partial charge < -0.3 is 9.84 Å². The number of carbonyl (C=O) groups excluding carboxylic acids is 1. The van der Waals surface area contributed by atoms with Gasteiger partial charge in [0.25, 0.3) is 0 Å². The van der Waals surface area contributed by atoms with E-state index in [-0.39, 0.29) is 18.4 Å². The van der Waals surface area contributed by atoms with Crippen LogP contribution < -0.4 is 5.32 Å². The molecule has 2 heterocycles. The highest BCUT2D eigenvalue weighted by Gasteiger charge is 2.16. The normalized spacial score (nSPS) is 11.9. The SMILES string of the molecule is Cc1ccccc1-c1noc(CCC(=O)N[C@H](C)c2ccccc2-n2cccn2)n1. The molecule has 1 N–H and O–H groups in total. The first-order valence-corrected chi connectivity index (χ1v) is 9.88. The minimum atomic E-state index is -0.164. The van der Waals surface area contributed by atoms with E-state index in [4.69, 9.17) is 4.52 Å². The lowest BCUT2D eigenvalue weighted by molar-refractivity contribution is -0.121. The number of rotatable bonds is 7. The van der Waals surface area contributed by atoms with Crippen LogP contribution in [-0.2, 0) is 11.2 Å². The topological polar surface area (TPSA) is 85.8 Å². The molecule has 0 aliphatic rings. The molecule has 7 nitrogen and oxygen atoms in total. The van der Waals surface area contributed by atoms with E-state index in [1.165, 1.54) is 0 Å². The van der Waals surface area contributed by atoms with E-state index in [0.717, 1.165) is 22.4 Å². The van der Waals surface area contributed by atoms with Crippen LogP contribution in [0, 0.1) is 6.92 Å². The van der Waals surface area contributed by atoms with Crippen molar-refractivity contribution in [2.45, 2.75) is 32.7 Å². The van der Waals surface area contributed by atoms with Gasteiger partial charge in [0.15, 0.2) is 0 Å². The second kappa shape index (κ2) is 8.73. The molecule has 0 spiro atoms. The summed E-state index contributed by atoms with van der Waals surface area (Å²) in [6.07, 6.45) is 4.27. The first-order valence-electron chi connectivity index (χ1n) is 9.88. The Balaban J connectivity index is 1.38. The number of nitrogens with zero attached hydrogens (tertiary/aromatic N) is 4. The van der Waals surface area contributed by atoms with Gasteiger partial charge in [-0.2, -0.15) is 10.1 Å². The summed E-state index contributed by atoms with van der Waals surface area (Å²) in [5.74, 6) is 0.923. The lowest BCUT2D eigenvalue weighted by atomic mass is 10.1. The lowest BCUT2D eigenvalue weighted by Gasteiger charge is -2.18.